The number of benzene rings is 2. The third-order valence-corrected chi connectivity index (χ3v) is 9.37. The van der Waals surface area contributed by atoms with Gasteiger partial charge in [0.2, 0.25) is 5.91 Å². The standard InChI is InChI=1S/C35H43FN6O2/c1-24-19-42(32-16-28(17-38-34(24)32)15-27-9-11-30(36)12-10-27)33(43)23-41-20-25(2)37-18-31(41)22-39-13-14-40(21-26(39)3)35(44)29-7-5-4-6-8-29/h4-12,16-17,24-26,31,37H,13-15,18-23H2,1-3H3. The molecule has 44 heavy (non-hydrogen) atoms. The van der Waals surface area contributed by atoms with Gasteiger partial charge in [-0.15, -0.1) is 0 Å². The zero-order valence-corrected chi connectivity index (χ0v) is 26.0. The molecule has 1 aromatic heterocycles. The Labute approximate surface area is 259 Å². The summed E-state index contributed by atoms with van der Waals surface area (Å²) in [4.78, 5) is 40.4. The van der Waals surface area contributed by atoms with E-state index in [-0.39, 0.29) is 35.6 Å². The first kappa shape index (κ1) is 30.4. The highest BCUT2D eigenvalue weighted by Crippen LogP contribution is 2.35. The molecule has 2 fully saturated rings. The van der Waals surface area contributed by atoms with Crippen molar-refractivity contribution in [2.45, 2.75) is 51.2 Å². The molecule has 6 rings (SSSR count). The van der Waals surface area contributed by atoms with E-state index in [0.717, 1.165) is 54.3 Å². The van der Waals surface area contributed by atoms with Crippen LogP contribution in [0.5, 0.6) is 0 Å². The highest BCUT2D eigenvalue weighted by molar-refractivity contribution is 5.97. The maximum absolute atomic E-state index is 13.9. The molecule has 0 aliphatic carbocycles. The summed E-state index contributed by atoms with van der Waals surface area (Å²) in [5, 5.41) is 3.62. The number of nitrogens with one attached hydrogen (secondary N) is 1. The lowest BCUT2D eigenvalue weighted by Gasteiger charge is -2.45. The highest BCUT2D eigenvalue weighted by atomic mass is 19.1. The van der Waals surface area contributed by atoms with Crippen molar-refractivity contribution in [1.82, 2.24) is 25.0 Å². The van der Waals surface area contributed by atoms with Gasteiger partial charge in [0.1, 0.15) is 5.82 Å². The number of piperazine rings is 2. The fraction of sp³-hybridized carbons (Fsp3) is 0.457. The van der Waals surface area contributed by atoms with Crippen molar-refractivity contribution in [2.24, 2.45) is 0 Å². The first-order valence-corrected chi connectivity index (χ1v) is 15.8. The van der Waals surface area contributed by atoms with Crippen LogP contribution >= 0.6 is 0 Å². The van der Waals surface area contributed by atoms with Gasteiger partial charge < -0.3 is 15.1 Å². The van der Waals surface area contributed by atoms with Gasteiger partial charge >= 0.3 is 0 Å². The Balaban J connectivity index is 1.11. The molecule has 0 spiro atoms. The van der Waals surface area contributed by atoms with Gasteiger partial charge in [0.15, 0.2) is 0 Å². The van der Waals surface area contributed by atoms with Crippen LogP contribution in [0.15, 0.2) is 66.9 Å². The summed E-state index contributed by atoms with van der Waals surface area (Å²) >= 11 is 0. The van der Waals surface area contributed by atoms with Crippen LogP contribution < -0.4 is 10.2 Å². The predicted molar refractivity (Wildman–Crippen MR) is 170 cm³/mol. The van der Waals surface area contributed by atoms with Crippen LogP contribution in [0.4, 0.5) is 10.1 Å². The fourth-order valence-corrected chi connectivity index (χ4v) is 6.88. The molecule has 9 heteroatoms. The Bertz CT molecular complexity index is 1470. The van der Waals surface area contributed by atoms with Gasteiger partial charge in [-0.2, -0.15) is 0 Å². The second kappa shape index (κ2) is 13.1. The molecule has 0 saturated carbocycles. The average molecular weight is 599 g/mol. The van der Waals surface area contributed by atoms with Crippen LogP contribution in [-0.2, 0) is 11.2 Å². The minimum atomic E-state index is -0.248. The molecule has 4 heterocycles. The van der Waals surface area contributed by atoms with E-state index in [1.54, 1.807) is 12.1 Å². The van der Waals surface area contributed by atoms with Gasteiger partial charge in [-0.25, -0.2) is 4.39 Å². The van der Waals surface area contributed by atoms with Crippen LogP contribution in [0, 0.1) is 5.82 Å². The third-order valence-electron chi connectivity index (χ3n) is 9.37. The van der Waals surface area contributed by atoms with E-state index in [1.807, 2.05) is 46.3 Å². The number of amides is 2. The second-order valence-corrected chi connectivity index (χ2v) is 12.8. The minimum Gasteiger partial charge on any atom is -0.336 e. The lowest BCUT2D eigenvalue weighted by molar-refractivity contribution is -0.120. The highest BCUT2D eigenvalue weighted by Gasteiger charge is 2.36. The van der Waals surface area contributed by atoms with E-state index in [0.29, 0.717) is 38.6 Å². The smallest absolute Gasteiger partial charge is 0.253 e. The van der Waals surface area contributed by atoms with E-state index in [9.17, 15) is 14.0 Å². The third kappa shape index (κ3) is 6.70. The second-order valence-electron chi connectivity index (χ2n) is 12.8. The van der Waals surface area contributed by atoms with Crippen LogP contribution in [0.25, 0.3) is 0 Å². The van der Waals surface area contributed by atoms with Crippen molar-refractivity contribution in [1.29, 1.82) is 0 Å². The lowest BCUT2D eigenvalue weighted by atomic mass is 10.0. The van der Waals surface area contributed by atoms with Crippen molar-refractivity contribution in [3.8, 4) is 0 Å². The number of aromatic nitrogens is 1. The van der Waals surface area contributed by atoms with Crippen molar-refractivity contribution in [2.75, 3.05) is 57.3 Å². The molecule has 3 aliphatic rings. The van der Waals surface area contributed by atoms with E-state index in [4.69, 9.17) is 4.98 Å². The summed E-state index contributed by atoms with van der Waals surface area (Å²) in [7, 11) is 0. The topological polar surface area (TPSA) is 72.0 Å². The summed E-state index contributed by atoms with van der Waals surface area (Å²) < 4.78 is 13.4. The van der Waals surface area contributed by atoms with Gasteiger partial charge in [0.25, 0.3) is 5.91 Å². The number of halogens is 1. The van der Waals surface area contributed by atoms with Crippen LogP contribution in [0.1, 0.15) is 53.9 Å². The number of carbonyl (C=O) groups excluding carboxylic acids is 2. The van der Waals surface area contributed by atoms with Gasteiger partial charge in [0, 0.05) is 81.6 Å². The van der Waals surface area contributed by atoms with Gasteiger partial charge in [0.05, 0.1) is 17.9 Å². The summed E-state index contributed by atoms with van der Waals surface area (Å²) in [6.45, 7) is 12.1. The Kier molecular flexibility index (Phi) is 9.07. The molecule has 0 bridgehead atoms. The maximum atomic E-state index is 13.9. The Hall–Kier alpha value is -3.66. The van der Waals surface area contributed by atoms with Crippen molar-refractivity contribution in [3.63, 3.8) is 0 Å². The van der Waals surface area contributed by atoms with Crippen LogP contribution in [-0.4, -0.2) is 102 Å². The maximum Gasteiger partial charge on any atom is 0.253 e. The molecule has 2 aromatic carbocycles. The van der Waals surface area contributed by atoms with E-state index in [2.05, 4.69) is 42.0 Å². The Morgan fingerprint density at radius 2 is 1.70 bits per heavy atom. The first-order chi connectivity index (χ1) is 21.2. The van der Waals surface area contributed by atoms with Crippen LogP contribution in [0.2, 0.25) is 0 Å². The first-order valence-electron chi connectivity index (χ1n) is 15.8. The zero-order chi connectivity index (χ0) is 30.8. The van der Waals surface area contributed by atoms with Crippen molar-refractivity contribution >= 4 is 17.5 Å². The normalized spacial score (nSPS) is 24.4. The molecule has 3 aromatic rings. The fourth-order valence-electron chi connectivity index (χ4n) is 6.88. The average Bonchev–Trinajstić information content (AvgIpc) is 3.36. The van der Waals surface area contributed by atoms with Crippen molar-refractivity contribution in [3.05, 3.63) is 95.1 Å². The predicted octanol–water partition coefficient (Wildman–Crippen LogP) is 3.77. The number of rotatable bonds is 7. The quantitative estimate of drug-likeness (QED) is 0.447. The van der Waals surface area contributed by atoms with Gasteiger partial charge in [-0.3, -0.25) is 24.4 Å². The SMILES string of the molecule is CC1CN(CC(=O)N2CC(C)c3ncc(Cc4ccc(F)cc4)cc32)C(CN2CCN(C(=O)c3ccccc3)CC2C)CN1. The molecule has 3 aliphatic heterocycles. The zero-order valence-electron chi connectivity index (χ0n) is 26.0. The molecule has 4 atom stereocenters. The summed E-state index contributed by atoms with van der Waals surface area (Å²) in [5.41, 5.74) is 4.61. The summed E-state index contributed by atoms with van der Waals surface area (Å²) in [5.74, 6) is 0.110. The molecule has 2 saturated heterocycles. The molecule has 0 radical (unpaired) electrons. The molecule has 2 amide bonds. The molecular weight excluding hydrogens is 555 g/mol. The van der Waals surface area contributed by atoms with Gasteiger partial charge in [-0.05, 0) is 61.7 Å². The number of pyridine rings is 1. The van der Waals surface area contributed by atoms with Gasteiger partial charge in [-0.1, -0.05) is 37.3 Å². The Morgan fingerprint density at radius 1 is 0.932 bits per heavy atom. The number of carbonyl (C=O) groups is 2. The molecule has 8 nitrogen and oxygen atoms in total. The van der Waals surface area contributed by atoms with E-state index in [1.165, 1.54) is 12.1 Å². The minimum absolute atomic E-state index is 0.0907. The number of nitrogens with zero attached hydrogens (tertiary/aromatic N) is 5. The Morgan fingerprint density at radius 3 is 2.45 bits per heavy atom. The number of anilines is 1. The monoisotopic (exact) mass is 598 g/mol. The number of fused-ring (bicyclic) bond motifs is 1. The van der Waals surface area contributed by atoms with Crippen LogP contribution in [0.3, 0.4) is 0 Å². The molecule has 1 N–H and O–H groups in total. The van der Waals surface area contributed by atoms with Crippen molar-refractivity contribution < 1.29 is 14.0 Å². The molecular formula is C35H43FN6O2. The number of hydrogen-bond donors (Lipinski definition) is 1. The molecule has 4 unspecified atom stereocenters. The summed E-state index contributed by atoms with van der Waals surface area (Å²) in [6, 6.07) is 18.8. The van der Waals surface area contributed by atoms with E-state index >= 15 is 0 Å². The molecule has 232 valence electrons. The lowest BCUT2D eigenvalue weighted by Crippen LogP contribution is -2.63. The largest absolute Gasteiger partial charge is 0.336 e. The van der Waals surface area contributed by atoms with E-state index < -0.39 is 0 Å². The summed E-state index contributed by atoms with van der Waals surface area (Å²) in [6.07, 6.45) is 2.52. The number of hydrogen-bond acceptors (Lipinski definition) is 6.